The standard InChI is InChI=1S/C23H20N4O3/c1-3-19-18(23(28)29)14-24-27(19)20-13-21(30-17-11-9-15(2)10-12-17)26-22(25-20)16-7-5-4-6-8-16/h4-14H,3H2,1-2H3,(H,28,29)/p-1. The maximum atomic E-state index is 11.4. The largest absolute Gasteiger partial charge is 0.545 e. The predicted molar refractivity (Wildman–Crippen MR) is 110 cm³/mol. The molecule has 2 heterocycles. The number of aromatic carboxylic acids is 1. The highest BCUT2D eigenvalue weighted by Gasteiger charge is 2.16. The second-order valence-corrected chi connectivity index (χ2v) is 6.73. The van der Waals surface area contributed by atoms with E-state index >= 15 is 0 Å². The summed E-state index contributed by atoms with van der Waals surface area (Å²) in [6.07, 6.45) is 1.72. The summed E-state index contributed by atoms with van der Waals surface area (Å²) in [4.78, 5) is 20.6. The highest BCUT2D eigenvalue weighted by molar-refractivity contribution is 5.87. The Morgan fingerprint density at radius 3 is 2.47 bits per heavy atom. The van der Waals surface area contributed by atoms with E-state index in [9.17, 15) is 9.90 Å². The van der Waals surface area contributed by atoms with Crippen LogP contribution in [0.25, 0.3) is 17.2 Å². The quantitative estimate of drug-likeness (QED) is 0.494. The van der Waals surface area contributed by atoms with Gasteiger partial charge in [-0.3, -0.25) is 0 Å². The summed E-state index contributed by atoms with van der Waals surface area (Å²) in [7, 11) is 0. The van der Waals surface area contributed by atoms with Gasteiger partial charge in [0, 0.05) is 17.2 Å². The minimum absolute atomic E-state index is 0.0402. The molecule has 0 aliphatic carbocycles. The van der Waals surface area contributed by atoms with Gasteiger partial charge >= 0.3 is 0 Å². The van der Waals surface area contributed by atoms with Crippen molar-refractivity contribution < 1.29 is 14.6 Å². The zero-order valence-corrected chi connectivity index (χ0v) is 16.6. The summed E-state index contributed by atoms with van der Waals surface area (Å²) in [6, 6.07) is 18.7. The summed E-state index contributed by atoms with van der Waals surface area (Å²) >= 11 is 0. The molecule has 0 bridgehead atoms. The van der Waals surface area contributed by atoms with Crippen LogP contribution >= 0.6 is 0 Å². The van der Waals surface area contributed by atoms with Crippen LogP contribution in [0.15, 0.2) is 66.9 Å². The van der Waals surface area contributed by atoms with Crippen LogP contribution in [0.2, 0.25) is 0 Å². The van der Waals surface area contributed by atoms with Gasteiger partial charge in [-0.1, -0.05) is 55.0 Å². The number of carbonyl (C=O) groups excluding carboxylic acids is 1. The number of hydrogen-bond acceptors (Lipinski definition) is 6. The molecule has 2 aromatic heterocycles. The second-order valence-electron chi connectivity index (χ2n) is 6.73. The molecule has 0 saturated carbocycles. The first kappa shape index (κ1) is 19.3. The van der Waals surface area contributed by atoms with E-state index in [-0.39, 0.29) is 5.56 Å². The minimum atomic E-state index is -1.27. The molecule has 7 nitrogen and oxygen atoms in total. The van der Waals surface area contributed by atoms with Gasteiger partial charge < -0.3 is 14.6 Å². The molecule has 0 aliphatic heterocycles. The van der Waals surface area contributed by atoms with Gasteiger partial charge in [0.25, 0.3) is 0 Å². The summed E-state index contributed by atoms with van der Waals surface area (Å²) in [6.45, 7) is 3.85. The average molecular weight is 399 g/mol. The van der Waals surface area contributed by atoms with Crippen LogP contribution in [-0.2, 0) is 6.42 Å². The summed E-state index contributed by atoms with van der Waals surface area (Å²) in [5.74, 6) is 0.552. The molecular weight excluding hydrogens is 380 g/mol. The van der Waals surface area contributed by atoms with Crippen LogP contribution in [0.3, 0.4) is 0 Å². The van der Waals surface area contributed by atoms with Crippen molar-refractivity contribution in [2.45, 2.75) is 20.3 Å². The van der Waals surface area contributed by atoms with Gasteiger partial charge in [-0.25, -0.2) is 9.67 Å². The topological polar surface area (TPSA) is 93.0 Å². The Balaban J connectivity index is 1.84. The minimum Gasteiger partial charge on any atom is -0.545 e. The lowest BCUT2D eigenvalue weighted by Crippen LogP contribution is -2.23. The summed E-state index contributed by atoms with van der Waals surface area (Å²) in [5, 5.41) is 15.7. The van der Waals surface area contributed by atoms with E-state index in [4.69, 9.17) is 4.74 Å². The number of benzene rings is 2. The Morgan fingerprint density at radius 2 is 1.80 bits per heavy atom. The van der Waals surface area contributed by atoms with Crippen molar-refractivity contribution in [1.82, 2.24) is 19.7 Å². The third-order valence-corrected chi connectivity index (χ3v) is 4.61. The third-order valence-electron chi connectivity index (χ3n) is 4.61. The zero-order valence-electron chi connectivity index (χ0n) is 16.6. The normalized spacial score (nSPS) is 10.7. The maximum Gasteiger partial charge on any atom is 0.225 e. The number of aryl methyl sites for hydroxylation is 1. The number of carboxylic acids is 1. The lowest BCUT2D eigenvalue weighted by molar-refractivity contribution is -0.255. The Bertz CT molecular complexity index is 1190. The van der Waals surface area contributed by atoms with Gasteiger partial charge in [-0.15, -0.1) is 0 Å². The van der Waals surface area contributed by atoms with Crippen LogP contribution < -0.4 is 9.84 Å². The van der Waals surface area contributed by atoms with E-state index in [2.05, 4.69) is 15.1 Å². The Kier molecular flexibility index (Phi) is 5.26. The summed E-state index contributed by atoms with van der Waals surface area (Å²) < 4.78 is 7.45. The lowest BCUT2D eigenvalue weighted by atomic mass is 10.2. The van der Waals surface area contributed by atoms with Gasteiger partial charge in [0.05, 0.1) is 17.9 Å². The van der Waals surface area contributed by atoms with Crippen molar-refractivity contribution in [3.63, 3.8) is 0 Å². The van der Waals surface area contributed by atoms with Crippen molar-refractivity contribution >= 4 is 5.97 Å². The van der Waals surface area contributed by atoms with Crippen molar-refractivity contribution in [3.8, 4) is 28.8 Å². The van der Waals surface area contributed by atoms with E-state index in [0.717, 1.165) is 11.1 Å². The molecule has 0 aliphatic rings. The Hall–Kier alpha value is -4.00. The number of carbonyl (C=O) groups is 1. The molecule has 150 valence electrons. The molecule has 0 unspecified atom stereocenters. The Labute approximate surface area is 173 Å². The highest BCUT2D eigenvalue weighted by atomic mass is 16.5. The molecule has 0 amide bonds. The van der Waals surface area contributed by atoms with Crippen molar-refractivity contribution in [1.29, 1.82) is 0 Å². The van der Waals surface area contributed by atoms with Crippen molar-refractivity contribution in [2.75, 3.05) is 0 Å². The molecule has 0 N–H and O–H groups in total. The number of aromatic nitrogens is 4. The fourth-order valence-electron chi connectivity index (χ4n) is 3.10. The first-order chi connectivity index (χ1) is 14.5. The number of nitrogens with zero attached hydrogens (tertiary/aromatic N) is 4. The van der Waals surface area contributed by atoms with Crippen molar-refractivity contribution in [2.24, 2.45) is 0 Å². The molecule has 7 heteroatoms. The highest BCUT2D eigenvalue weighted by Crippen LogP contribution is 2.26. The molecule has 4 aromatic rings. The molecular formula is C23H19N4O3-. The van der Waals surface area contributed by atoms with E-state index in [1.807, 2.05) is 68.4 Å². The first-order valence-corrected chi connectivity index (χ1v) is 9.53. The van der Waals surface area contributed by atoms with E-state index < -0.39 is 5.97 Å². The van der Waals surface area contributed by atoms with Crippen LogP contribution in [-0.4, -0.2) is 25.7 Å². The molecule has 4 rings (SSSR count). The number of ether oxygens (including phenoxy) is 1. The van der Waals surface area contributed by atoms with Gasteiger partial charge in [0.2, 0.25) is 5.88 Å². The molecule has 0 fully saturated rings. The smallest absolute Gasteiger partial charge is 0.225 e. The van der Waals surface area contributed by atoms with Crippen LogP contribution in [0.1, 0.15) is 28.5 Å². The van der Waals surface area contributed by atoms with Crippen molar-refractivity contribution in [3.05, 3.63) is 83.7 Å². The SMILES string of the molecule is CCc1c(C(=O)[O-])cnn1-c1cc(Oc2ccc(C)cc2)nc(-c2ccccc2)n1. The van der Waals surface area contributed by atoms with Gasteiger partial charge in [0.15, 0.2) is 11.6 Å². The first-order valence-electron chi connectivity index (χ1n) is 9.53. The van der Waals surface area contributed by atoms with Crippen LogP contribution in [0.5, 0.6) is 11.6 Å². The molecule has 0 radical (unpaired) electrons. The lowest BCUT2D eigenvalue weighted by Gasteiger charge is -2.12. The number of carboxylic acid groups (broad SMARTS) is 1. The van der Waals surface area contributed by atoms with Gasteiger partial charge in [0.1, 0.15) is 5.75 Å². The van der Waals surface area contributed by atoms with Crippen LogP contribution in [0.4, 0.5) is 0 Å². The van der Waals surface area contributed by atoms with E-state index in [1.165, 1.54) is 10.9 Å². The van der Waals surface area contributed by atoms with E-state index in [1.54, 1.807) is 6.07 Å². The number of rotatable bonds is 6. The van der Waals surface area contributed by atoms with Crippen LogP contribution in [0, 0.1) is 6.92 Å². The fourth-order valence-corrected chi connectivity index (χ4v) is 3.10. The molecule has 0 spiro atoms. The molecule has 2 aromatic carbocycles. The molecule has 0 atom stereocenters. The fraction of sp³-hybridized carbons (Fsp3) is 0.130. The maximum absolute atomic E-state index is 11.4. The average Bonchev–Trinajstić information content (AvgIpc) is 3.20. The monoisotopic (exact) mass is 399 g/mol. The molecule has 0 saturated heterocycles. The van der Waals surface area contributed by atoms with Gasteiger partial charge in [-0.2, -0.15) is 10.1 Å². The van der Waals surface area contributed by atoms with Gasteiger partial charge in [-0.05, 0) is 25.5 Å². The predicted octanol–water partition coefficient (Wildman–Crippen LogP) is 3.36. The molecule has 30 heavy (non-hydrogen) atoms. The van der Waals surface area contributed by atoms with E-state index in [0.29, 0.717) is 35.4 Å². The second kappa shape index (κ2) is 8.16. The number of hydrogen-bond donors (Lipinski definition) is 0. The third kappa shape index (κ3) is 3.91. The summed E-state index contributed by atoms with van der Waals surface area (Å²) in [5.41, 5.74) is 2.46. The zero-order chi connectivity index (χ0) is 21.1. The Morgan fingerprint density at radius 1 is 1.07 bits per heavy atom.